The minimum atomic E-state index is -0.538. The summed E-state index contributed by atoms with van der Waals surface area (Å²) in [5.41, 5.74) is 0.879. The number of nitrogens with one attached hydrogen (secondary N) is 1. The van der Waals surface area contributed by atoms with E-state index >= 15 is 0 Å². The number of halogens is 1. The van der Waals surface area contributed by atoms with Gasteiger partial charge in [-0.3, -0.25) is 0 Å². The molecule has 1 atom stereocenters. The van der Waals surface area contributed by atoms with Crippen molar-refractivity contribution in [1.29, 1.82) is 0 Å². The number of hydrogen-bond acceptors (Lipinski definition) is 5. The molecule has 1 rings (SSSR count). The highest BCUT2D eigenvalue weighted by atomic mass is 35.5. The first kappa shape index (κ1) is 16.0. The molecule has 1 aromatic carbocycles. The second-order valence-corrected chi connectivity index (χ2v) is 4.39. The fourth-order valence-corrected chi connectivity index (χ4v) is 1.99. The molecule has 0 aliphatic rings. The lowest BCUT2D eigenvalue weighted by Crippen LogP contribution is -2.29. The first-order chi connectivity index (χ1) is 9.13. The van der Waals surface area contributed by atoms with E-state index in [-0.39, 0.29) is 0 Å². The first-order valence-corrected chi connectivity index (χ1v) is 6.28. The van der Waals surface area contributed by atoms with Crippen molar-refractivity contribution in [3.05, 3.63) is 22.7 Å². The van der Waals surface area contributed by atoms with Crippen molar-refractivity contribution in [2.75, 3.05) is 34.5 Å². The van der Waals surface area contributed by atoms with Crippen LogP contribution in [0, 0.1) is 0 Å². The van der Waals surface area contributed by atoms with E-state index in [1.807, 2.05) is 6.07 Å². The number of hydrogen-bond donors (Lipinski definition) is 2. The van der Waals surface area contributed by atoms with Crippen LogP contribution in [0.5, 0.6) is 11.5 Å². The molecular weight excluding hydrogens is 270 g/mol. The van der Waals surface area contributed by atoms with E-state index in [4.69, 9.17) is 25.8 Å². The van der Waals surface area contributed by atoms with Gasteiger partial charge in [0.25, 0.3) is 0 Å². The number of aliphatic hydroxyl groups excluding tert-OH is 1. The van der Waals surface area contributed by atoms with Gasteiger partial charge in [-0.15, -0.1) is 0 Å². The van der Waals surface area contributed by atoms with Crippen molar-refractivity contribution in [2.24, 2.45) is 0 Å². The van der Waals surface area contributed by atoms with E-state index in [0.29, 0.717) is 36.2 Å². The molecule has 0 saturated carbocycles. The van der Waals surface area contributed by atoms with Crippen LogP contribution in [0.2, 0.25) is 5.02 Å². The molecule has 19 heavy (non-hydrogen) atoms. The molecule has 0 fully saturated rings. The van der Waals surface area contributed by atoms with E-state index in [1.165, 1.54) is 0 Å². The van der Waals surface area contributed by atoms with Crippen LogP contribution in [0.1, 0.15) is 5.56 Å². The van der Waals surface area contributed by atoms with E-state index in [1.54, 1.807) is 27.4 Å². The Morgan fingerprint density at radius 3 is 2.58 bits per heavy atom. The fourth-order valence-electron chi connectivity index (χ4n) is 1.69. The average Bonchev–Trinajstić information content (AvgIpc) is 2.40. The molecule has 0 heterocycles. The van der Waals surface area contributed by atoms with Gasteiger partial charge in [0.05, 0.1) is 32.0 Å². The third kappa shape index (κ3) is 4.54. The molecule has 0 bridgehead atoms. The summed E-state index contributed by atoms with van der Waals surface area (Å²) in [5.74, 6) is 1.11. The zero-order valence-electron chi connectivity index (χ0n) is 11.4. The van der Waals surface area contributed by atoms with Gasteiger partial charge in [-0.05, 0) is 11.6 Å². The Hall–Kier alpha value is -1.01. The van der Waals surface area contributed by atoms with Crippen LogP contribution in [-0.4, -0.2) is 45.7 Å². The van der Waals surface area contributed by atoms with Crippen molar-refractivity contribution in [1.82, 2.24) is 5.32 Å². The van der Waals surface area contributed by atoms with Crippen LogP contribution < -0.4 is 14.8 Å². The van der Waals surface area contributed by atoms with Crippen LogP contribution in [0.25, 0.3) is 0 Å². The Morgan fingerprint density at radius 1 is 1.26 bits per heavy atom. The van der Waals surface area contributed by atoms with Gasteiger partial charge in [0.15, 0.2) is 11.5 Å². The average molecular weight is 290 g/mol. The fraction of sp³-hybridized carbons (Fsp3) is 0.538. The van der Waals surface area contributed by atoms with Gasteiger partial charge in [0, 0.05) is 20.2 Å². The molecule has 0 aliphatic carbocycles. The van der Waals surface area contributed by atoms with Gasteiger partial charge < -0.3 is 24.6 Å². The Balaban J connectivity index is 2.64. The maximum Gasteiger partial charge on any atom is 0.179 e. The predicted octanol–water partition coefficient (Wildman–Crippen LogP) is 1.45. The summed E-state index contributed by atoms with van der Waals surface area (Å²) in [5, 5.41) is 13.1. The van der Waals surface area contributed by atoms with E-state index in [0.717, 1.165) is 5.56 Å². The molecule has 1 unspecified atom stereocenters. The summed E-state index contributed by atoms with van der Waals surface area (Å²) in [6.07, 6.45) is -0.538. The zero-order valence-corrected chi connectivity index (χ0v) is 12.2. The minimum absolute atomic E-state index is 0.298. The topological polar surface area (TPSA) is 60.0 Å². The quantitative estimate of drug-likeness (QED) is 0.759. The molecular formula is C13H20ClNO4. The van der Waals surface area contributed by atoms with Crippen LogP contribution in [0.15, 0.2) is 12.1 Å². The summed E-state index contributed by atoms with van der Waals surface area (Å²) in [4.78, 5) is 0. The molecule has 0 amide bonds. The smallest absolute Gasteiger partial charge is 0.179 e. The molecule has 0 radical (unpaired) electrons. The molecule has 1 aromatic rings. The molecule has 108 valence electrons. The summed E-state index contributed by atoms with van der Waals surface area (Å²) >= 11 is 6.24. The molecule has 0 aromatic heterocycles. The molecule has 6 heteroatoms. The maximum atomic E-state index is 9.51. The third-order valence-corrected chi connectivity index (χ3v) is 3.03. The molecule has 5 nitrogen and oxygen atoms in total. The number of aliphatic hydroxyl groups is 1. The molecule has 0 spiro atoms. The number of rotatable bonds is 8. The van der Waals surface area contributed by atoms with Gasteiger partial charge in [0.1, 0.15) is 0 Å². The summed E-state index contributed by atoms with van der Waals surface area (Å²) < 4.78 is 15.2. The van der Waals surface area contributed by atoms with Gasteiger partial charge in [-0.25, -0.2) is 0 Å². The van der Waals surface area contributed by atoms with Crippen LogP contribution in [-0.2, 0) is 11.3 Å². The Labute approximate surface area is 118 Å². The Bertz CT molecular complexity index is 400. The highest BCUT2D eigenvalue weighted by Crippen LogP contribution is 2.37. The van der Waals surface area contributed by atoms with Gasteiger partial charge >= 0.3 is 0 Å². The lowest BCUT2D eigenvalue weighted by atomic mass is 10.2. The van der Waals surface area contributed by atoms with Crippen LogP contribution in [0.4, 0.5) is 0 Å². The van der Waals surface area contributed by atoms with Crippen LogP contribution >= 0.6 is 11.6 Å². The largest absolute Gasteiger partial charge is 0.493 e. The predicted molar refractivity (Wildman–Crippen MR) is 74.1 cm³/mol. The highest BCUT2D eigenvalue weighted by Gasteiger charge is 2.13. The van der Waals surface area contributed by atoms with Crippen LogP contribution in [0.3, 0.4) is 0 Å². The van der Waals surface area contributed by atoms with Crippen molar-refractivity contribution in [3.63, 3.8) is 0 Å². The summed E-state index contributed by atoms with van der Waals surface area (Å²) in [6, 6.07) is 3.66. The molecule has 2 N–H and O–H groups in total. The third-order valence-electron chi connectivity index (χ3n) is 2.62. The molecule has 0 aliphatic heterocycles. The molecule has 0 saturated heterocycles. The number of methoxy groups -OCH3 is 3. The van der Waals surface area contributed by atoms with E-state index in [2.05, 4.69) is 5.32 Å². The second-order valence-electron chi connectivity index (χ2n) is 4.01. The Morgan fingerprint density at radius 2 is 2.00 bits per heavy atom. The number of ether oxygens (including phenoxy) is 3. The Kier molecular flexibility index (Phi) is 6.94. The van der Waals surface area contributed by atoms with Gasteiger partial charge in [-0.1, -0.05) is 17.7 Å². The standard InChI is InChI=1S/C13H20ClNO4/c1-17-8-10(16)7-15-6-9-4-5-11(18-2)13(19-3)12(9)14/h4-5,10,15-16H,6-8H2,1-3H3. The lowest BCUT2D eigenvalue weighted by molar-refractivity contribution is 0.0644. The first-order valence-electron chi connectivity index (χ1n) is 5.91. The van der Waals surface area contributed by atoms with Crippen molar-refractivity contribution in [2.45, 2.75) is 12.6 Å². The normalized spacial score (nSPS) is 12.3. The number of benzene rings is 1. The van der Waals surface area contributed by atoms with Crippen molar-refractivity contribution in [3.8, 4) is 11.5 Å². The van der Waals surface area contributed by atoms with E-state index in [9.17, 15) is 5.11 Å². The summed E-state index contributed by atoms with van der Waals surface area (Å²) in [7, 11) is 4.66. The van der Waals surface area contributed by atoms with Crippen molar-refractivity contribution >= 4 is 11.6 Å². The second kappa shape index (κ2) is 8.22. The summed E-state index contributed by atoms with van der Waals surface area (Å²) in [6.45, 7) is 1.26. The lowest BCUT2D eigenvalue weighted by Gasteiger charge is -2.14. The highest BCUT2D eigenvalue weighted by molar-refractivity contribution is 6.33. The van der Waals surface area contributed by atoms with Gasteiger partial charge in [-0.2, -0.15) is 0 Å². The zero-order chi connectivity index (χ0) is 14.3. The SMILES string of the molecule is COCC(O)CNCc1ccc(OC)c(OC)c1Cl. The van der Waals surface area contributed by atoms with Gasteiger partial charge in [0.2, 0.25) is 0 Å². The maximum absolute atomic E-state index is 9.51. The minimum Gasteiger partial charge on any atom is -0.493 e. The van der Waals surface area contributed by atoms with Crippen molar-refractivity contribution < 1.29 is 19.3 Å². The van der Waals surface area contributed by atoms with E-state index < -0.39 is 6.10 Å². The monoisotopic (exact) mass is 289 g/mol.